The predicted molar refractivity (Wildman–Crippen MR) is 130 cm³/mol. The van der Waals surface area contributed by atoms with Gasteiger partial charge in [0.1, 0.15) is 0 Å². The molecule has 6 nitrogen and oxygen atoms in total. The number of halogens is 1. The molecule has 1 saturated heterocycles. The Morgan fingerprint density at radius 3 is 2.61 bits per heavy atom. The average molecular weight is 529 g/mol. The normalized spacial score (nSPS) is 26.4. The van der Waals surface area contributed by atoms with Gasteiger partial charge in [0.2, 0.25) is 0 Å². The molecule has 28 heavy (non-hydrogen) atoms. The van der Waals surface area contributed by atoms with Crippen LogP contribution in [0, 0.1) is 5.92 Å². The number of hydrogen-bond donors (Lipinski definition) is 2. The highest BCUT2D eigenvalue weighted by Gasteiger charge is 2.27. The molecule has 1 aliphatic heterocycles. The molecule has 166 valence electrons. The first-order chi connectivity index (χ1) is 13.0. The zero-order valence-corrected chi connectivity index (χ0v) is 21.3. The lowest BCUT2D eigenvalue weighted by atomic mass is 9.95. The molecule has 4 unspecified atom stereocenters. The Morgan fingerprint density at radius 1 is 1.29 bits per heavy atom. The van der Waals surface area contributed by atoms with Gasteiger partial charge in [-0.2, -0.15) is 0 Å². The summed E-state index contributed by atoms with van der Waals surface area (Å²) in [6, 6.07) is 0.872. The molecule has 2 rings (SSSR count). The van der Waals surface area contributed by atoms with Gasteiger partial charge in [-0.25, -0.2) is 0 Å². The summed E-state index contributed by atoms with van der Waals surface area (Å²) in [5, 5.41) is 7.48. The fraction of sp³-hybridized carbons (Fsp3) is 0.950. The Balaban J connectivity index is 0.00000392. The number of aliphatic imine (C=N–C) groups is 1. The predicted octanol–water partition coefficient (Wildman–Crippen LogP) is 2.60. The third-order valence-corrected chi connectivity index (χ3v) is 7.40. The average Bonchev–Trinajstić information content (AvgIpc) is 2.70. The lowest BCUT2D eigenvalue weighted by Gasteiger charge is -2.36. The maximum atomic E-state index is 12.2. The first kappa shape index (κ1) is 26.1. The molecule has 0 aromatic rings. The molecular formula is C20H41IN4O2S. The second-order valence-corrected chi connectivity index (χ2v) is 10.2. The van der Waals surface area contributed by atoms with Crippen LogP contribution < -0.4 is 10.6 Å². The van der Waals surface area contributed by atoms with Crippen LogP contribution in [-0.2, 0) is 15.5 Å². The van der Waals surface area contributed by atoms with Crippen LogP contribution in [0.2, 0.25) is 0 Å². The molecule has 4 atom stereocenters. The zero-order chi connectivity index (χ0) is 19.6. The molecule has 2 N–H and O–H groups in total. The van der Waals surface area contributed by atoms with E-state index in [2.05, 4.69) is 34.4 Å². The molecule has 0 aromatic carbocycles. The largest absolute Gasteiger partial charge is 0.379 e. The minimum absolute atomic E-state index is 0. The summed E-state index contributed by atoms with van der Waals surface area (Å²) in [6.07, 6.45) is 5.54. The number of ether oxygens (including phenoxy) is 1. The molecular weight excluding hydrogens is 487 g/mol. The van der Waals surface area contributed by atoms with E-state index < -0.39 is 10.8 Å². The lowest BCUT2D eigenvalue weighted by molar-refractivity contribution is 0.0132. The van der Waals surface area contributed by atoms with Crippen molar-refractivity contribution in [3.63, 3.8) is 0 Å². The number of nitrogens with one attached hydrogen (secondary N) is 2. The van der Waals surface area contributed by atoms with Crippen LogP contribution in [0.1, 0.15) is 52.9 Å². The van der Waals surface area contributed by atoms with Gasteiger partial charge in [-0.3, -0.25) is 14.1 Å². The van der Waals surface area contributed by atoms with E-state index in [-0.39, 0.29) is 24.0 Å². The summed E-state index contributed by atoms with van der Waals surface area (Å²) in [5.74, 6) is 2.31. The van der Waals surface area contributed by atoms with E-state index >= 15 is 0 Å². The van der Waals surface area contributed by atoms with E-state index in [4.69, 9.17) is 4.74 Å². The second kappa shape index (κ2) is 14.1. The van der Waals surface area contributed by atoms with E-state index in [1.54, 1.807) is 0 Å². The third-order valence-electron chi connectivity index (χ3n) is 5.66. The van der Waals surface area contributed by atoms with Gasteiger partial charge in [0.05, 0.1) is 13.2 Å². The van der Waals surface area contributed by atoms with E-state index in [0.29, 0.717) is 23.3 Å². The molecule has 0 aromatic heterocycles. The monoisotopic (exact) mass is 528 g/mol. The van der Waals surface area contributed by atoms with Crippen LogP contribution in [0.15, 0.2) is 4.99 Å². The van der Waals surface area contributed by atoms with Crippen molar-refractivity contribution in [2.45, 2.75) is 70.2 Å². The van der Waals surface area contributed by atoms with Crippen molar-refractivity contribution in [1.82, 2.24) is 15.5 Å². The van der Waals surface area contributed by atoms with Crippen molar-refractivity contribution in [3.8, 4) is 0 Å². The van der Waals surface area contributed by atoms with Gasteiger partial charge < -0.3 is 15.4 Å². The summed E-state index contributed by atoms with van der Waals surface area (Å²) in [4.78, 5) is 6.99. The Kier molecular flexibility index (Phi) is 13.2. The molecule has 1 heterocycles. The molecule has 0 amide bonds. The Labute approximate surface area is 191 Å². The van der Waals surface area contributed by atoms with Gasteiger partial charge in [0.25, 0.3) is 0 Å². The molecule has 2 fully saturated rings. The maximum absolute atomic E-state index is 12.2. The van der Waals surface area contributed by atoms with Crippen LogP contribution in [-0.4, -0.2) is 78.1 Å². The molecule has 0 spiro atoms. The van der Waals surface area contributed by atoms with E-state index in [1.165, 1.54) is 6.42 Å². The zero-order valence-electron chi connectivity index (χ0n) is 18.1. The van der Waals surface area contributed by atoms with Crippen LogP contribution in [0.4, 0.5) is 0 Å². The molecule has 1 aliphatic carbocycles. The summed E-state index contributed by atoms with van der Waals surface area (Å²) >= 11 is 0. The van der Waals surface area contributed by atoms with Gasteiger partial charge in [0, 0.05) is 60.6 Å². The van der Waals surface area contributed by atoms with Crippen molar-refractivity contribution in [1.29, 1.82) is 0 Å². The fourth-order valence-electron chi connectivity index (χ4n) is 4.20. The maximum Gasteiger partial charge on any atom is 0.191 e. The standard InChI is InChI=1S/C20H40N4O2S.HI/c1-5-27(25)19-8-6-7-17(14-19)23-20(21-4)22-15-18(13-16(2)3)24-9-11-26-12-10-24;/h16-19H,5-15H2,1-4H3,(H2,21,22,23);1H. The van der Waals surface area contributed by atoms with Gasteiger partial charge >= 0.3 is 0 Å². The minimum Gasteiger partial charge on any atom is -0.379 e. The molecule has 0 bridgehead atoms. The number of morpholine rings is 1. The molecule has 2 aliphatic rings. The SMILES string of the molecule is CCS(=O)C1CCCC(NC(=NC)NCC(CC(C)C)N2CCOCC2)C1.I. The topological polar surface area (TPSA) is 66.0 Å². The van der Waals surface area contributed by atoms with Crippen molar-refractivity contribution in [2.24, 2.45) is 10.9 Å². The van der Waals surface area contributed by atoms with Gasteiger partial charge in [-0.05, 0) is 31.6 Å². The highest BCUT2D eigenvalue weighted by atomic mass is 127. The first-order valence-electron chi connectivity index (χ1n) is 10.7. The van der Waals surface area contributed by atoms with Gasteiger partial charge in [-0.1, -0.05) is 27.2 Å². The molecule has 1 saturated carbocycles. The molecule has 0 radical (unpaired) electrons. The number of rotatable bonds is 8. The van der Waals surface area contributed by atoms with Crippen molar-refractivity contribution in [3.05, 3.63) is 0 Å². The Hall–Kier alpha value is 0.0700. The van der Waals surface area contributed by atoms with Crippen LogP contribution in [0.3, 0.4) is 0 Å². The van der Waals surface area contributed by atoms with Crippen LogP contribution in [0.25, 0.3) is 0 Å². The van der Waals surface area contributed by atoms with E-state index in [0.717, 1.165) is 70.2 Å². The summed E-state index contributed by atoms with van der Waals surface area (Å²) in [5.41, 5.74) is 0. The Bertz CT molecular complexity index is 487. The van der Waals surface area contributed by atoms with Crippen LogP contribution in [0.5, 0.6) is 0 Å². The summed E-state index contributed by atoms with van der Waals surface area (Å²) < 4.78 is 17.7. The van der Waals surface area contributed by atoms with Crippen molar-refractivity contribution >= 4 is 40.7 Å². The number of hydrogen-bond acceptors (Lipinski definition) is 4. The Morgan fingerprint density at radius 2 is 2.00 bits per heavy atom. The third kappa shape index (κ3) is 8.83. The van der Waals surface area contributed by atoms with Crippen molar-refractivity contribution in [2.75, 3.05) is 45.6 Å². The highest BCUT2D eigenvalue weighted by Crippen LogP contribution is 2.23. The first-order valence-corrected chi connectivity index (χ1v) is 12.1. The smallest absolute Gasteiger partial charge is 0.191 e. The number of guanidine groups is 1. The van der Waals surface area contributed by atoms with E-state index in [9.17, 15) is 4.21 Å². The van der Waals surface area contributed by atoms with Crippen molar-refractivity contribution < 1.29 is 8.95 Å². The molecule has 8 heteroatoms. The summed E-state index contributed by atoms with van der Waals surface area (Å²) in [7, 11) is 1.15. The van der Waals surface area contributed by atoms with Gasteiger partial charge in [-0.15, -0.1) is 24.0 Å². The summed E-state index contributed by atoms with van der Waals surface area (Å²) in [6.45, 7) is 11.2. The highest BCUT2D eigenvalue weighted by molar-refractivity contribution is 14.0. The van der Waals surface area contributed by atoms with Crippen LogP contribution >= 0.6 is 24.0 Å². The fourth-order valence-corrected chi connectivity index (χ4v) is 5.55. The number of nitrogens with zero attached hydrogens (tertiary/aromatic N) is 2. The second-order valence-electron chi connectivity index (χ2n) is 8.18. The lowest BCUT2D eigenvalue weighted by Crippen LogP contribution is -2.52. The minimum atomic E-state index is -0.691. The van der Waals surface area contributed by atoms with E-state index in [1.807, 2.05) is 14.0 Å². The van der Waals surface area contributed by atoms with Gasteiger partial charge in [0.15, 0.2) is 5.96 Å². The quantitative estimate of drug-likeness (QED) is 0.288.